The zero-order valence-corrected chi connectivity index (χ0v) is 65.9. The molecule has 0 bridgehead atoms. The Bertz CT molecular complexity index is 3550. The molecule has 0 radical (unpaired) electrons. The van der Waals surface area contributed by atoms with Gasteiger partial charge < -0.3 is 51.4 Å². The number of fused-ring (bicyclic) bond motifs is 4. The van der Waals surface area contributed by atoms with Gasteiger partial charge in [0.15, 0.2) is 18.5 Å². The minimum absolute atomic E-state index is 0. The van der Waals surface area contributed by atoms with Gasteiger partial charge in [0.25, 0.3) is 0 Å². The number of alkyl halides is 1. The Hall–Kier alpha value is -6.44. The first kappa shape index (κ1) is 91.6. The van der Waals surface area contributed by atoms with Crippen LogP contribution < -0.4 is 53.0 Å². The van der Waals surface area contributed by atoms with Crippen molar-refractivity contribution < 1.29 is 67.0 Å². The Kier molecular flexibility index (Phi) is 43.7. The van der Waals surface area contributed by atoms with Crippen LogP contribution in [0, 0.1) is 27.7 Å². The van der Waals surface area contributed by atoms with Crippen molar-refractivity contribution in [2.45, 2.75) is 111 Å². The number of nitro groups is 2. The molecule has 7 aromatic rings. The predicted octanol–water partition coefficient (Wildman–Crippen LogP) is 16.9. The summed E-state index contributed by atoms with van der Waals surface area (Å²) in [6.07, 6.45) is 4.62. The summed E-state index contributed by atoms with van der Waals surface area (Å²) in [5, 5.41) is 29.6. The van der Waals surface area contributed by atoms with Gasteiger partial charge in [0.1, 0.15) is 52.0 Å². The van der Waals surface area contributed by atoms with Crippen molar-refractivity contribution in [2.75, 3.05) is 72.3 Å². The van der Waals surface area contributed by atoms with Gasteiger partial charge >= 0.3 is 18.9 Å². The number of aromatic hydroxyl groups is 1. The molecule has 0 atom stereocenters. The predicted molar refractivity (Wildman–Crippen MR) is 408 cm³/mol. The fraction of sp³-hybridized carbons (Fsp3) is 0.373. The molecule has 4 aliphatic heterocycles. The quantitative estimate of drug-likeness (QED) is 0.0234. The second kappa shape index (κ2) is 46.8. The van der Waals surface area contributed by atoms with Crippen LogP contribution in [0.5, 0.6) is 40.2 Å². The number of phenols is 1. The number of halogens is 5. The van der Waals surface area contributed by atoms with Gasteiger partial charge in [0, 0.05) is 85.1 Å². The molecule has 0 saturated carbocycles. The monoisotopic (exact) mass is 1570 g/mol. The van der Waals surface area contributed by atoms with Gasteiger partial charge in [-0.15, -0.1) is 0 Å². The molecule has 98 heavy (non-hydrogen) atoms. The second-order valence-electron chi connectivity index (χ2n) is 24.3. The van der Waals surface area contributed by atoms with Crippen LogP contribution in [0.25, 0.3) is 6.08 Å². The SMILES string of the molecule is C=C(C)CBr.C=C(C)COc1ccccc1Br.CC1(C)COc2c(/C=C/[N+](=O)[O-])cccc21.CC1(C)COc2c(CCN)cccc21.CC1(C)COc2ccccc21.CCOCC.COc1cccc2c1OCC2(C)C.C[N+](=O)[O-].Clc1cc(Cl)ncn1.Oc1ccccc1Br.[CH3-].[Li+]. The number of nitrogens with zero attached hydrogens (tertiary/aromatic N) is 4. The van der Waals surface area contributed by atoms with Crippen molar-refractivity contribution >= 4 is 77.1 Å². The van der Waals surface area contributed by atoms with Crippen molar-refractivity contribution in [3.63, 3.8) is 0 Å². The number of rotatable bonds is 11. The third-order valence-electron chi connectivity index (χ3n) is 13.7. The average molecular weight is 1580 g/mol. The van der Waals surface area contributed by atoms with Gasteiger partial charge in [-0.3, -0.25) is 20.2 Å². The van der Waals surface area contributed by atoms with Gasteiger partial charge in [0.2, 0.25) is 6.20 Å². The van der Waals surface area contributed by atoms with E-state index < -0.39 is 9.85 Å². The minimum atomic E-state index is -0.500. The average Bonchev–Trinajstić information content (AvgIpc) is 1.66. The standard InChI is InChI=1S/C12H13NO3.C12H17NO.C11H14O2.C10H11BrO.C10H12O.C6H5BrO.C4H7Br.C4H2Cl2N2.C4H10O.CH3NO2.CH3.Li/c1-12(2)8-16-11-9(6-7-13(14)15)4-3-5-10(11)12;1-12(2)8-14-11-9(6-7-13)4-3-5-10(11)12;1-11(2)7-13-10-8(11)5-4-6-9(10)12-3;1-8(2)7-12-10-6-4-3-5-9(10)11;1-10(2)7-11-9-6-4-3-5-8(9)10;7-5-3-1-2-4-6(5)8;1-4(2)3-5;5-3-1-4(6)8-2-7-3;1-3-5-4-2;1-2(3)4;;/h3-7H,8H2,1-2H3;3-5H,6-8,13H2,1-2H3;4-6H,7H2,1-3H3;3-6H,1,7H2,2H3;3-6H,7H2,1-2H3;1-4,8H;1,3H2,2H3;1-2H;3-4H2,1-2H3;1H3;1H3;/q;;;;;;;;;;-1;+1/b7-6+;;;;;;;;;;;. The molecule has 11 rings (SSSR count). The number of hydrogen-bond donors (Lipinski definition) is 2. The molecule has 4 aliphatic rings. The molecule has 6 aromatic carbocycles. The van der Waals surface area contributed by atoms with Crippen molar-refractivity contribution in [1.29, 1.82) is 0 Å². The Balaban J connectivity index is 0.00000109. The molecular weight excluding hydrogens is 1480 g/mol. The van der Waals surface area contributed by atoms with E-state index in [9.17, 15) is 10.1 Å². The zero-order chi connectivity index (χ0) is 72.2. The number of benzene rings is 6. The molecule has 0 aliphatic carbocycles. The Morgan fingerprint density at radius 2 is 1.08 bits per heavy atom. The maximum absolute atomic E-state index is 10.3. The van der Waals surface area contributed by atoms with E-state index in [4.69, 9.17) is 77.3 Å². The number of aromatic nitrogens is 2. The summed E-state index contributed by atoms with van der Waals surface area (Å²) in [4.78, 5) is 25.3. The molecule has 5 heterocycles. The first-order valence-electron chi connectivity index (χ1n) is 30.7. The number of phenolic OH excluding ortho intramolecular Hbond substituents is 1. The molecule has 0 saturated heterocycles. The minimum Gasteiger partial charge on any atom is -0.507 e. The van der Waals surface area contributed by atoms with E-state index in [2.05, 4.69) is 163 Å². The number of methoxy groups -OCH3 is 1. The molecule has 0 amide bonds. The van der Waals surface area contributed by atoms with Gasteiger partial charge in [-0.2, -0.15) is 0 Å². The maximum Gasteiger partial charge on any atom is 1.00 e. The van der Waals surface area contributed by atoms with Gasteiger partial charge in [-0.05, 0) is 120 Å². The molecular formula is C75H97Br3Cl2LiN5O12. The van der Waals surface area contributed by atoms with E-state index >= 15 is 0 Å². The van der Waals surface area contributed by atoms with Crippen molar-refractivity contribution in [3.8, 4) is 40.2 Å². The normalized spacial score (nSPS) is 13.6. The number of nitrogens with two attached hydrogens (primary N) is 1. The molecule has 530 valence electrons. The van der Waals surface area contributed by atoms with E-state index in [0.717, 1.165) is 118 Å². The number of hydrogen-bond acceptors (Lipinski definition) is 15. The summed E-state index contributed by atoms with van der Waals surface area (Å²) < 4.78 is 39.7. The topological polar surface area (TPSA) is 223 Å². The molecule has 0 spiro atoms. The van der Waals surface area contributed by atoms with Crippen LogP contribution >= 0.6 is 71.0 Å². The van der Waals surface area contributed by atoms with Crippen LogP contribution in [0.3, 0.4) is 0 Å². The summed E-state index contributed by atoms with van der Waals surface area (Å²) in [5.41, 5.74) is 15.2. The molecule has 0 unspecified atom stereocenters. The third kappa shape index (κ3) is 33.1. The van der Waals surface area contributed by atoms with E-state index in [1.54, 1.807) is 25.3 Å². The smallest absolute Gasteiger partial charge is 0.507 e. The van der Waals surface area contributed by atoms with Gasteiger partial charge in [-0.1, -0.05) is 204 Å². The van der Waals surface area contributed by atoms with Crippen molar-refractivity contribution in [3.05, 3.63) is 251 Å². The largest absolute Gasteiger partial charge is 1.00 e. The van der Waals surface area contributed by atoms with E-state index in [-0.39, 0.29) is 53.7 Å². The Morgan fingerprint density at radius 1 is 0.653 bits per heavy atom. The van der Waals surface area contributed by atoms with Gasteiger partial charge in [0.05, 0.1) is 47.4 Å². The molecule has 17 nitrogen and oxygen atoms in total. The number of para-hydroxylation sites is 6. The zero-order valence-electron chi connectivity index (χ0n) is 59.6. The number of ether oxygens (including phenoxy) is 7. The molecule has 3 N–H and O–H groups in total. The van der Waals surface area contributed by atoms with Crippen LogP contribution in [0.1, 0.15) is 116 Å². The van der Waals surface area contributed by atoms with Crippen LogP contribution in [-0.4, -0.2) is 97.2 Å². The van der Waals surface area contributed by atoms with E-state index in [1.807, 2.05) is 100 Å². The molecule has 23 heteroatoms. The van der Waals surface area contributed by atoms with E-state index in [0.29, 0.717) is 30.1 Å². The third-order valence-corrected chi connectivity index (χ3v) is 16.4. The van der Waals surface area contributed by atoms with Crippen molar-refractivity contribution in [1.82, 2.24) is 9.97 Å². The van der Waals surface area contributed by atoms with Crippen LogP contribution in [-0.2, 0) is 32.8 Å². The summed E-state index contributed by atoms with van der Waals surface area (Å²) in [6, 6.07) is 42.7. The van der Waals surface area contributed by atoms with Gasteiger partial charge in [-0.25, -0.2) is 9.97 Å². The van der Waals surface area contributed by atoms with Crippen molar-refractivity contribution in [2.24, 2.45) is 5.73 Å². The Morgan fingerprint density at radius 3 is 1.52 bits per heavy atom. The summed E-state index contributed by atoms with van der Waals surface area (Å²) in [7, 11) is 2.56. The van der Waals surface area contributed by atoms with Crippen LogP contribution in [0.4, 0.5) is 0 Å². The fourth-order valence-corrected chi connectivity index (χ4v) is 9.76. The summed E-state index contributed by atoms with van der Waals surface area (Å²) >= 11 is 20.6. The maximum atomic E-state index is 10.3. The number of allylic oxidation sites excluding steroid dienone is 1. The summed E-state index contributed by atoms with van der Waals surface area (Å²) in [5.74, 6) is 5.79. The fourth-order valence-electron chi connectivity index (χ4n) is 8.73. The van der Waals surface area contributed by atoms with Crippen LogP contribution in [0.15, 0.2) is 179 Å². The Labute approximate surface area is 629 Å². The summed E-state index contributed by atoms with van der Waals surface area (Å²) in [6.45, 7) is 38.6. The van der Waals surface area contributed by atoms with Crippen LogP contribution in [0.2, 0.25) is 10.3 Å². The molecule has 0 fully saturated rings. The van der Waals surface area contributed by atoms with E-state index in [1.165, 1.54) is 46.3 Å². The first-order valence-corrected chi connectivity index (χ1v) is 34.2. The second-order valence-corrected chi connectivity index (χ2v) is 27.3. The molecule has 1 aromatic heterocycles. The first-order chi connectivity index (χ1) is 45.2.